The zero-order chi connectivity index (χ0) is 9.40. The molecule has 12 heavy (non-hydrogen) atoms. The van der Waals surface area contributed by atoms with E-state index in [4.69, 9.17) is 4.74 Å². The predicted molar refractivity (Wildman–Crippen MR) is 49.7 cm³/mol. The Kier molecular flexibility index (Phi) is 5.70. The van der Waals surface area contributed by atoms with Gasteiger partial charge < -0.3 is 4.74 Å². The van der Waals surface area contributed by atoms with Crippen LogP contribution in [-0.4, -0.2) is 12.6 Å². The van der Waals surface area contributed by atoms with Crippen LogP contribution in [0.15, 0.2) is 36.5 Å². The molecule has 0 aliphatic rings. The molecule has 0 bridgehead atoms. The molecule has 0 saturated carbocycles. The monoisotopic (exact) mass is 166 g/mol. The van der Waals surface area contributed by atoms with Gasteiger partial charge in [-0.05, 0) is 19.9 Å². The zero-order valence-corrected chi connectivity index (χ0v) is 7.54. The Morgan fingerprint density at radius 1 is 1.58 bits per heavy atom. The first kappa shape index (κ1) is 10.7. The second-order valence-corrected chi connectivity index (χ2v) is 2.06. The minimum Gasteiger partial charge on any atom is -0.462 e. The first-order valence-corrected chi connectivity index (χ1v) is 3.88. The summed E-state index contributed by atoms with van der Waals surface area (Å²) in [6.07, 6.45) is 6.69. The quantitative estimate of drug-likeness (QED) is 0.363. The fourth-order valence-corrected chi connectivity index (χ4v) is 0.668. The molecule has 0 unspecified atom stereocenters. The molecule has 2 nitrogen and oxygen atoms in total. The van der Waals surface area contributed by atoms with Gasteiger partial charge in [0, 0.05) is 0 Å². The van der Waals surface area contributed by atoms with Crippen molar-refractivity contribution in [3.63, 3.8) is 0 Å². The lowest BCUT2D eigenvalue weighted by atomic mass is 10.2. The standard InChI is InChI=1S/C10H14O2/c1-4-7-8-9(5-2)10(11)12-6-3/h4-5,7-8H,1,6H2,2-3H3/b8-7-,9-5+. The van der Waals surface area contributed by atoms with E-state index in [1.54, 1.807) is 38.2 Å². The van der Waals surface area contributed by atoms with E-state index in [1.807, 2.05) is 0 Å². The van der Waals surface area contributed by atoms with Gasteiger partial charge in [-0.1, -0.05) is 24.8 Å². The Morgan fingerprint density at radius 2 is 2.25 bits per heavy atom. The molecule has 0 rings (SSSR count). The normalized spacial score (nSPS) is 11.7. The van der Waals surface area contributed by atoms with Gasteiger partial charge in [0.25, 0.3) is 0 Å². The first-order chi connectivity index (χ1) is 5.76. The molecule has 0 aliphatic carbocycles. The lowest BCUT2D eigenvalue weighted by molar-refractivity contribution is -0.138. The van der Waals surface area contributed by atoms with Crippen LogP contribution in [0.25, 0.3) is 0 Å². The number of esters is 1. The van der Waals surface area contributed by atoms with Crippen molar-refractivity contribution in [1.29, 1.82) is 0 Å². The molecule has 0 fully saturated rings. The van der Waals surface area contributed by atoms with Crippen molar-refractivity contribution in [2.24, 2.45) is 0 Å². The minimum atomic E-state index is -0.293. The Bertz CT molecular complexity index is 212. The molecular weight excluding hydrogens is 152 g/mol. The largest absolute Gasteiger partial charge is 0.462 e. The highest BCUT2D eigenvalue weighted by Gasteiger charge is 2.03. The molecule has 0 atom stereocenters. The maximum Gasteiger partial charge on any atom is 0.337 e. The third-order valence-electron chi connectivity index (χ3n) is 1.23. The average Bonchev–Trinajstić information content (AvgIpc) is 2.06. The number of hydrogen-bond donors (Lipinski definition) is 0. The molecule has 0 amide bonds. The molecule has 0 radical (unpaired) electrons. The third kappa shape index (κ3) is 3.76. The van der Waals surface area contributed by atoms with Crippen molar-refractivity contribution in [3.8, 4) is 0 Å². The summed E-state index contributed by atoms with van der Waals surface area (Å²) in [5, 5.41) is 0. The van der Waals surface area contributed by atoms with E-state index >= 15 is 0 Å². The molecule has 0 aliphatic heterocycles. The highest BCUT2D eigenvalue weighted by molar-refractivity contribution is 5.91. The second kappa shape index (κ2) is 6.40. The molecule has 0 saturated heterocycles. The Labute approximate surface area is 73.2 Å². The molecule has 66 valence electrons. The van der Waals surface area contributed by atoms with Gasteiger partial charge in [0.05, 0.1) is 12.2 Å². The van der Waals surface area contributed by atoms with Gasteiger partial charge in [0.15, 0.2) is 0 Å². The summed E-state index contributed by atoms with van der Waals surface area (Å²) in [7, 11) is 0. The Balaban J connectivity index is 4.26. The van der Waals surface area contributed by atoms with E-state index < -0.39 is 0 Å². The van der Waals surface area contributed by atoms with Gasteiger partial charge in [-0.3, -0.25) is 0 Å². The topological polar surface area (TPSA) is 26.3 Å². The van der Waals surface area contributed by atoms with Gasteiger partial charge >= 0.3 is 5.97 Å². The number of hydrogen-bond acceptors (Lipinski definition) is 2. The number of carbonyl (C=O) groups excluding carboxylic acids is 1. The van der Waals surface area contributed by atoms with Crippen molar-refractivity contribution in [2.75, 3.05) is 6.61 Å². The van der Waals surface area contributed by atoms with Crippen molar-refractivity contribution in [2.45, 2.75) is 13.8 Å². The molecular formula is C10H14O2. The van der Waals surface area contributed by atoms with Crippen molar-refractivity contribution >= 4 is 5.97 Å². The van der Waals surface area contributed by atoms with E-state index in [-0.39, 0.29) is 5.97 Å². The van der Waals surface area contributed by atoms with Crippen LogP contribution in [0.4, 0.5) is 0 Å². The molecule has 2 heteroatoms. The van der Waals surface area contributed by atoms with Crippen molar-refractivity contribution in [1.82, 2.24) is 0 Å². The number of carbonyl (C=O) groups is 1. The van der Waals surface area contributed by atoms with E-state index in [1.165, 1.54) is 0 Å². The Morgan fingerprint density at radius 3 is 2.67 bits per heavy atom. The molecule has 0 aromatic carbocycles. The van der Waals surface area contributed by atoms with Crippen LogP contribution in [0, 0.1) is 0 Å². The summed E-state index contributed by atoms with van der Waals surface area (Å²) in [4.78, 5) is 11.1. The van der Waals surface area contributed by atoms with E-state index in [0.29, 0.717) is 12.2 Å². The Hall–Kier alpha value is -1.31. The summed E-state index contributed by atoms with van der Waals surface area (Å²) >= 11 is 0. The maximum atomic E-state index is 11.1. The zero-order valence-electron chi connectivity index (χ0n) is 7.54. The smallest absolute Gasteiger partial charge is 0.337 e. The van der Waals surface area contributed by atoms with E-state index in [0.717, 1.165) is 0 Å². The second-order valence-electron chi connectivity index (χ2n) is 2.06. The van der Waals surface area contributed by atoms with Gasteiger partial charge in [0.2, 0.25) is 0 Å². The summed E-state index contributed by atoms with van der Waals surface area (Å²) in [6, 6.07) is 0. The van der Waals surface area contributed by atoms with Crippen molar-refractivity contribution in [3.05, 3.63) is 36.5 Å². The fraction of sp³-hybridized carbons (Fsp3) is 0.300. The van der Waals surface area contributed by atoms with Gasteiger partial charge in [-0.2, -0.15) is 0 Å². The predicted octanol–water partition coefficient (Wildman–Crippen LogP) is 2.24. The molecule has 0 heterocycles. The van der Waals surface area contributed by atoms with Crippen LogP contribution in [0.3, 0.4) is 0 Å². The summed E-state index contributed by atoms with van der Waals surface area (Å²) < 4.78 is 4.80. The summed E-state index contributed by atoms with van der Waals surface area (Å²) in [5.74, 6) is -0.293. The fourth-order valence-electron chi connectivity index (χ4n) is 0.668. The molecule has 0 aromatic rings. The highest BCUT2D eigenvalue weighted by Crippen LogP contribution is 2.00. The lowest BCUT2D eigenvalue weighted by Gasteiger charge is -2.00. The number of rotatable bonds is 4. The van der Waals surface area contributed by atoms with Crippen LogP contribution in [0.2, 0.25) is 0 Å². The molecule has 0 aromatic heterocycles. The SMILES string of the molecule is C=C/C=C\C(=C/C)C(=O)OCC. The highest BCUT2D eigenvalue weighted by atomic mass is 16.5. The first-order valence-electron chi connectivity index (χ1n) is 3.88. The average molecular weight is 166 g/mol. The van der Waals surface area contributed by atoms with Crippen LogP contribution in [0.5, 0.6) is 0 Å². The minimum absolute atomic E-state index is 0.293. The van der Waals surface area contributed by atoms with E-state index in [2.05, 4.69) is 6.58 Å². The summed E-state index contributed by atoms with van der Waals surface area (Å²) in [5.41, 5.74) is 0.553. The van der Waals surface area contributed by atoms with Crippen LogP contribution < -0.4 is 0 Å². The van der Waals surface area contributed by atoms with Gasteiger partial charge in [-0.15, -0.1) is 0 Å². The number of ether oxygens (including phenoxy) is 1. The van der Waals surface area contributed by atoms with Crippen LogP contribution in [-0.2, 0) is 9.53 Å². The molecule has 0 spiro atoms. The number of allylic oxidation sites excluding steroid dienone is 3. The van der Waals surface area contributed by atoms with Crippen molar-refractivity contribution < 1.29 is 9.53 Å². The molecule has 0 N–H and O–H groups in total. The third-order valence-corrected chi connectivity index (χ3v) is 1.23. The van der Waals surface area contributed by atoms with E-state index in [9.17, 15) is 4.79 Å². The lowest BCUT2D eigenvalue weighted by Crippen LogP contribution is -2.05. The van der Waals surface area contributed by atoms with Crippen LogP contribution >= 0.6 is 0 Å². The van der Waals surface area contributed by atoms with Crippen LogP contribution in [0.1, 0.15) is 13.8 Å². The van der Waals surface area contributed by atoms with Gasteiger partial charge in [0.1, 0.15) is 0 Å². The summed E-state index contributed by atoms with van der Waals surface area (Å²) in [6.45, 7) is 7.48. The maximum absolute atomic E-state index is 11.1. The van der Waals surface area contributed by atoms with Gasteiger partial charge in [-0.25, -0.2) is 4.79 Å².